The van der Waals surface area contributed by atoms with Gasteiger partial charge in [-0.15, -0.1) is 0 Å². The molecule has 0 bridgehead atoms. The minimum absolute atomic E-state index is 0.130. The van der Waals surface area contributed by atoms with Crippen molar-refractivity contribution in [2.24, 2.45) is 0 Å². The third kappa shape index (κ3) is 4.03. The Morgan fingerprint density at radius 1 is 1.21 bits per heavy atom. The second-order valence-corrected chi connectivity index (χ2v) is 6.63. The van der Waals surface area contributed by atoms with E-state index in [-0.39, 0.29) is 12.0 Å². The molecule has 2 atom stereocenters. The summed E-state index contributed by atoms with van der Waals surface area (Å²) >= 11 is 0. The van der Waals surface area contributed by atoms with E-state index in [0.29, 0.717) is 4.90 Å². The van der Waals surface area contributed by atoms with Crippen molar-refractivity contribution in [3.05, 3.63) is 29.8 Å². The van der Waals surface area contributed by atoms with Crippen molar-refractivity contribution in [1.82, 2.24) is 10.0 Å². The van der Waals surface area contributed by atoms with Crippen molar-refractivity contribution >= 4 is 10.0 Å². The summed E-state index contributed by atoms with van der Waals surface area (Å²) in [6.07, 6.45) is 1.06. The van der Waals surface area contributed by atoms with Crippen LogP contribution in [0.2, 0.25) is 0 Å². The zero-order valence-electron chi connectivity index (χ0n) is 12.1. The molecule has 2 N–H and O–H groups in total. The zero-order valence-corrected chi connectivity index (χ0v) is 12.9. The van der Waals surface area contributed by atoms with Crippen molar-refractivity contribution in [2.45, 2.75) is 44.0 Å². The molecular weight excluding hydrogens is 260 g/mol. The van der Waals surface area contributed by atoms with Crippen LogP contribution < -0.4 is 10.0 Å². The first kappa shape index (κ1) is 16.1. The lowest BCUT2D eigenvalue weighted by Crippen LogP contribution is -2.32. The molecular formula is C14H24N2O2S. The summed E-state index contributed by atoms with van der Waals surface area (Å²) in [7, 11) is -1.97. The molecule has 0 aromatic heterocycles. The van der Waals surface area contributed by atoms with Gasteiger partial charge in [0.15, 0.2) is 0 Å². The lowest BCUT2D eigenvalue weighted by molar-refractivity contribution is 0.476. The molecule has 0 amide bonds. The number of benzene rings is 1. The highest BCUT2D eigenvalue weighted by atomic mass is 32.2. The first-order chi connectivity index (χ1) is 8.94. The smallest absolute Gasteiger partial charge is 0.240 e. The molecule has 5 heteroatoms. The van der Waals surface area contributed by atoms with Crippen LogP contribution in [0.1, 0.15) is 38.7 Å². The molecule has 0 spiro atoms. The van der Waals surface area contributed by atoms with Gasteiger partial charge in [0.05, 0.1) is 4.90 Å². The second-order valence-electron chi connectivity index (χ2n) is 4.78. The van der Waals surface area contributed by atoms with Crippen molar-refractivity contribution in [3.8, 4) is 0 Å². The normalized spacial score (nSPS) is 15.2. The fourth-order valence-corrected chi connectivity index (χ4v) is 3.07. The van der Waals surface area contributed by atoms with Gasteiger partial charge in [-0.05, 0) is 44.5 Å². The van der Waals surface area contributed by atoms with Gasteiger partial charge in [-0.3, -0.25) is 0 Å². The van der Waals surface area contributed by atoms with E-state index in [1.54, 1.807) is 12.1 Å². The van der Waals surface area contributed by atoms with Crippen molar-refractivity contribution in [3.63, 3.8) is 0 Å². The van der Waals surface area contributed by atoms with Crippen LogP contribution in [0, 0.1) is 0 Å². The van der Waals surface area contributed by atoms with Crippen LogP contribution in [0.4, 0.5) is 0 Å². The zero-order chi connectivity index (χ0) is 14.5. The molecule has 0 radical (unpaired) electrons. The van der Waals surface area contributed by atoms with Crippen molar-refractivity contribution in [2.75, 3.05) is 13.6 Å². The second kappa shape index (κ2) is 7.03. The van der Waals surface area contributed by atoms with Crippen LogP contribution in [-0.4, -0.2) is 28.1 Å². The van der Waals surface area contributed by atoms with Crippen LogP contribution in [0.15, 0.2) is 29.2 Å². The average Bonchev–Trinajstić information content (AvgIpc) is 2.43. The lowest BCUT2D eigenvalue weighted by atomic mass is 9.94. The van der Waals surface area contributed by atoms with E-state index in [0.717, 1.165) is 18.5 Å². The number of hydrogen-bond donors (Lipinski definition) is 2. The quantitative estimate of drug-likeness (QED) is 0.806. The Morgan fingerprint density at radius 2 is 1.84 bits per heavy atom. The standard InChI is InChI=1S/C14H24N2O2S/c1-5-10-16-12(3)11(2)13-8-6-7-9-14(13)19(17,18)15-4/h6-9,11-12,15-16H,5,10H2,1-4H3. The Labute approximate surface area is 116 Å². The van der Waals surface area contributed by atoms with Gasteiger partial charge in [0.1, 0.15) is 0 Å². The fourth-order valence-electron chi connectivity index (χ4n) is 2.03. The SMILES string of the molecule is CCCNC(C)C(C)c1ccccc1S(=O)(=O)NC. The maximum Gasteiger partial charge on any atom is 0.240 e. The van der Waals surface area contributed by atoms with Crippen LogP contribution in [0.3, 0.4) is 0 Å². The van der Waals surface area contributed by atoms with Gasteiger partial charge in [0.25, 0.3) is 0 Å². The highest BCUT2D eigenvalue weighted by molar-refractivity contribution is 7.89. The van der Waals surface area contributed by atoms with Gasteiger partial charge >= 0.3 is 0 Å². The molecule has 0 fully saturated rings. The Morgan fingerprint density at radius 3 is 2.42 bits per heavy atom. The topological polar surface area (TPSA) is 58.2 Å². The van der Waals surface area contributed by atoms with E-state index in [2.05, 4.69) is 30.8 Å². The van der Waals surface area contributed by atoms with Gasteiger partial charge in [0, 0.05) is 6.04 Å². The van der Waals surface area contributed by atoms with Gasteiger partial charge in [-0.1, -0.05) is 32.0 Å². The third-order valence-electron chi connectivity index (χ3n) is 3.43. The molecule has 0 aliphatic rings. The first-order valence-corrected chi connectivity index (χ1v) is 8.18. The fraction of sp³-hybridized carbons (Fsp3) is 0.571. The van der Waals surface area contributed by atoms with Crippen LogP contribution >= 0.6 is 0 Å². The summed E-state index contributed by atoms with van der Waals surface area (Å²) in [6, 6.07) is 7.41. The summed E-state index contributed by atoms with van der Waals surface area (Å²) in [5.74, 6) is 0.130. The molecule has 0 heterocycles. The molecule has 1 aromatic carbocycles. The molecule has 0 saturated carbocycles. The summed E-state index contributed by atoms with van der Waals surface area (Å²) in [4.78, 5) is 0.371. The number of hydrogen-bond acceptors (Lipinski definition) is 3. The van der Waals surface area contributed by atoms with Gasteiger partial charge in [-0.2, -0.15) is 0 Å². The Balaban J connectivity index is 3.07. The Hall–Kier alpha value is -0.910. The Kier molecular flexibility index (Phi) is 5.97. The van der Waals surface area contributed by atoms with E-state index in [9.17, 15) is 8.42 Å². The summed E-state index contributed by atoms with van der Waals surface area (Å²) in [6.45, 7) is 7.19. The van der Waals surface area contributed by atoms with Crippen LogP contribution in [0.5, 0.6) is 0 Å². The largest absolute Gasteiger partial charge is 0.314 e. The van der Waals surface area contributed by atoms with Gasteiger partial charge < -0.3 is 5.32 Å². The van der Waals surface area contributed by atoms with E-state index < -0.39 is 10.0 Å². The molecule has 1 rings (SSSR count). The monoisotopic (exact) mass is 284 g/mol. The van der Waals surface area contributed by atoms with E-state index in [1.807, 2.05) is 12.1 Å². The molecule has 0 aliphatic heterocycles. The molecule has 0 saturated heterocycles. The molecule has 19 heavy (non-hydrogen) atoms. The molecule has 0 aliphatic carbocycles. The van der Waals surface area contributed by atoms with Crippen LogP contribution in [-0.2, 0) is 10.0 Å². The van der Waals surface area contributed by atoms with Crippen LogP contribution in [0.25, 0.3) is 0 Å². The number of nitrogens with one attached hydrogen (secondary N) is 2. The Bertz CT molecular complexity index is 500. The highest BCUT2D eigenvalue weighted by Gasteiger charge is 2.22. The predicted molar refractivity (Wildman–Crippen MR) is 78.9 cm³/mol. The average molecular weight is 284 g/mol. The van der Waals surface area contributed by atoms with E-state index >= 15 is 0 Å². The summed E-state index contributed by atoms with van der Waals surface area (Å²) in [5.41, 5.74) is 0.855. The first-order valence-electron chi connectivity index (χ1n) is 6.69. The van der Waals surface area contributed by atoms with Crippen molar-refractivity contribution in [1.29, 1.82) is 0 Å². The minimum Gasteiger partial charge on any atom is -0.314 e. The molecule has 1 aromatic rings. The summed E-state index contributed by atoms with van der Waals surface area (Å²) in [5, 5.41) is 3.41. The minimum atomic E-state index is -3.41. The maximum absolute atomic E-state index is 12.0. The third-order valence-corrected chi connectivity index (χ3v) is 4.92. The summed E-state index contributed by atoms with van der Waals surface area (Å²) < 4.78 is 26.4. The lowest BCUT2D eigenvalue weighted by Gasteiger charge is -2.23. The molecule has 108 valence electrons. The maximum atomic E-state index is 12.0. The van der Waals surface area contributed by atoms with E-state index in [1.165, 1.54) is 7.05 Å². The molecule has 2 unspecified atom stereocenters. The number of rotatable bonds is 7. The predicted octanol–water partition coefficient (Wildman–Crippen LogP) is 2.09. The van der Waals surface area contributed by atoms with Crippen molar-refractivity contribution < 1.29 is 8.42 Å². The van der Waals surface area contributed by atoms with E-state index in [4.69, 9.17) is 0 Å². The highest BCUT2D eigenvalue weighted by Crippen LogP contribution is 2.26. The van der Waals surface area contributed by atoms with Gasteiger partial charge in [0.2, 0.25) is 10.0 Å². The molecule has 4 nitrogen and oxygen atoms in total. The number of sulfonamides is 1. The van der Waals surface area contributed by atoms with Gasteiger partial charge in [-0.25, -0.2) is 13.1 Å².